The van der Waals surface area contributed by atoms with Crippen LogP contribution in [0.25, 0.3) is 0 Å². The fourth-order valence-electron chi connectivity index (χ4n) is 3.77. The molecule has 8 heteroatoms. The Labute approximate surface area is 153 Å². The molecule has 26 heavy (non-hydrogen) atoms. The van der Waals surface area contributed by atoms with E-state index in [1.54, 1.807) is 18.6 Å². The highest BCUT2D eigenvalue weighted by Crippen LogP contribution is 2.21. The van der Waals surface area contributed by atoms with Crippen molar-refractivity contribution in [2.45, 2.75) is 44.9 Å². The Bertz CT molecular complexity index is 760. The Hall–Kier alpha value is -2.48. The van der Waals surface area contributed by atoms with Crippen molar-refractivity contribution in [3.8, 4) is 0 Å². The van der Waals surface area contributed by atoms with Gasteiger partial charge in [0.1, 0.15) is 5.82 Å². The lowest BCUT2D eigenvalue weighted by Gasteiger charge is -2.36. The van der Waals surface area contributed by atoms with E-state index in [1.807, 2.05) is 9.58 Å². The van der Waals surface area contributed by atoms with E-state index in [0.29, 0.717) is 13.1 Å². The van der Waals surface area contributed by atoms with E-state index in [0.717, 1.165) is 49.7 Å². The quantitative estimate of drug-likeness (QED) is 0.885. The number of aromatic nitrogens is 4. The first-order valence-corrected chi connectivity index (χ1v) is 9.25. The Morgan fingerprint density at radius 3 is 3.00 bits per heavy atom. The minimum Gasteiger partial charge on any atom is -0.363 e. The normalized spacial score (nSPS) is 20.7. The Kier molecular flexibility index (Phi) is 4.83. The van der Waals surface area contributed by atoms with Gasteiger partial charge in [-0.2, -0.15) is 5.10 Å². The van der Waals surface area contributed by atoms with Gasteiger partial charge in [-0.3, -0.25) is 19.4 Å². The van der Waals surface area contributed by atoms with Gasteiger partial charge < -0.3 is 10.2 Å². The van der Waals surface area contributed by atoms with Gasteiger partial charge in [0.2, 0.25) is 5.91 Å². The van der Waals surface area contributed by atoms with Crippen LogP contribution >= 0.6 is 0 Å². The summed E-state index contributed by atoms with van der Waals surface area (Å²) in [5, 5.41) is 7.87. The van der Waals surface area contributed by atoms with Gasteiger partial charge >= 0.3 is 0 Å². The third-order valence-electron chi connectivity index (χ3n) is 5.23. The monoisotopic (exact) mass is 355 g/mol. The van der Waals surface area contributed by atoms with Crippen LogP contribution in [0.1, 0.15) is 30.7 Å². The standard InChI is InChI=1S/C18H25N7O/c1-23-7-3-2-4-16(23)18(26)24-8-9-25-15(13-24)10-14(22-25)11-21-17-12-19-5-6-20-17/h5-6,10,12,16H,2-4,7-9,11,13H2,1H3,(H,20,21)/t16-/m0/s1. The second kappa shape index (κ2) is 7.41. The number of hydrogen-bond donors (Lipinski definition) is 1. The van der Waals surface area contributed by atoms with Crippen LogP contribution in [-0.4, -0.2) is 61.6 Å². The minimum atomic E-state index is 0.0380. The molecule has 4 heterocycles. The number of rotatable bonds is 4. The highest BCUT2D eigenvalue weighted by molar-refractivity contribution is 5.82. The van der Waals surface area contributed by atoms with Crippen LogP contribution in [0.2, 0.25) is 0 Å². The third-order valence-corrected chi connectivity index (χ3v) is 5.23. The van der Waals surface area contributed by atoms with E-state index in [-0.39, 0.29) is 11.9 Å². The van der Waals surface area contributed by atoms with E-state index >= 15 is 0 Å². The van der Waals surface area contributed by atoms with Crippen molar-refractivity contribution in [2.24, 2.45) is 0 Å². The van der Waals surface area contributed by atoms with Crippen molar-refractivity contribution in [2.75, 3.05) is 25.5 Å². The number of nitrogens with one attached hydrogen (secondary N) is 1. The predicted molar refractivity (Wildman–Crippen MR) is 97.3 cm³/mol. The number of nitrogens with zero attached hydrogens (tertiary/aromatic N) is 6. The van der Waals surface area contributed by atoms with Crippen LogP contribution in [-0.2, 0) is 24.4 Å². The molecule has 0 saturated carbocycles. The topological polar surface area (TPSA) is 79.2 Å². The van der Waals surface area contributed by atoms with Crippen molar-refractivity contribution in [1.82, 2.24) is 29.5 Å². The maximum Gasteiger partial charge on any atom is 0.240 e. The van der Waals surface area contributed by atoms with Gasteiger partial charge in [0, 0.05) is 18.9 Å². The lowest BCUT2D eigenvalue weighted by atomic mass is 10.0. The van der Waals surface area contributed by atoms with Gasteiger partial charge in [-0.1, -0.05) is 6.42 Å². The first-order valence-electron chi connectivity index (χ1n) is 9.25. The molecular weight excluding hydrogens is 330 g/mol. The lowest BCUT2D eigenvalue weighted by Crippen LogP contribution is -2.51. The zero-order chi connectivity index (χ0) is 17.9. The van der Waals surface area contributed by atoms with Crippen molar-refractivity contribution >= 4 is 11.7 Å². The van der Waals surface area contributed by atoms with Crippen LogP contribution in [0.15, 0.2) is 24.7 Å². The second-order valence-corrected chi connectivity index (χ2v) is 7.05. The largest absolute Gasteiger partial charge is 0.363 e. The molecule has 1 fully saturated rings. The number of anilines is 1. The molecule has 0 radical (unpaired) electrons. The number of fused-ring (bicyclic) bond motifs is 1. The van der Waals surface area contributed by atoms with Gasteiger partial charge in [-0.15, -0.1) is 0 Å². The number of likely N-dealkylation sites (N-methyl/N-ethyl adjacent to an activating group) is 1. The summed E-state index contributed by atoms with van der Waals surface area (Å²) in [6.07, 6.45) is 8.30. The molecule has 2 aromatic heterocycles. The lowest BCUT2D eigenvalue weighted by molar-refractivity contribution is -0.139. The fourth-order valence-corrected chi connectivity index (χ4v) is 3.77. The molecule has 2 aliphatic heterocycles. The molecule has 0 spiro atoms. The maximum atomic E-state index is 12.9. The first-order chi connectivity index (χ1) is 12.7. The van der Waals surface area contributed by atoms with E-state index in [1.165, 1.54) is 6.42 Å². The molecule has 2 aliphatic rings. The van der Waals surface area contributed by atoms with Crippen LogP contribution < -0.4 is 5.32 Å². The van der Waals surface area contributed by atoms with E-state index in [9.17, 15) is 4.79 Å². The third kappa shape index (κ3) is 3.55. The van der Waals surface area contributed by atoms with Crippen LogP contribution in [0, 0.1) is 0 Å². The van der Waals surface area contributed by atoms with Crippen molar-refractivity contribution in [1.29, 1.82) is 0 Å². The second-order valence-electron chi connectivity index (χ2n) is 7.05. The number of carbonyl (C=O) groups excluding carboxylic acids is 1. The Morgan fingerprint density at radius 2 is 2.19 bits per heavy atom. The zero-order valence-electron chi connectivity index (χ0n) is 15.1. The summed E-state index contributed by atoms with van der Waals surface area (Å²) in [6, 6.07) is 2.11. The summed E-state index contributed by atoms with van der Waals surface area (Å²) in [5.41, 5.74) is 2.05. The van der Waals surface area contributed by atoms with Crippen LogP contribution in [0.3, 0.4) is 0 Å². The molecule has 2 aromatic rings. The molecule has 0 unspecified atom stereocenters. The number of amides is 1. The van der Waals surface area contributed by atoms with E-state index < -0.39 is 0 Å². The number of hydrogen-bond acceptors (Lipinski definition) is 6. The molecule has 1 amide bonds. The average molecular weight is 355 g/mol. The molecule has 1 saturated heterocycles. The molecule has 1 atom stereocenters. The number of likely N-dealkylation sites (tertiary alicyclic amines) is 1. The maximum absolute atomic E-state index is 12.9. The summed E-state index contributed by atoms with van der Waals surface area (Å²) < 4.78 is 2.02. The zero-order valence-corrected chi connectivity index (χ0v) is 15.1. The summed E-state index contributed by atoms with van der Waals surface area (Å²) in [4.78, 5) is 25.4. The van der Waals surface area contributed by atoms with Gasteiger partial charge in [-0.05, 0) is 32.5 Å². The van der Waals surface area contributed by atoms with Gasteiger partial charge in [0.15, 0.2) is 0 Å². The van der Waals surface area contributed by atoms with Crippen molar-refractivity contribution in [3.63, 3.8) is 0 Å². The summed E-state index contributed by atoms with van der Waals surface area (Å²) in [6.45, 7) is 3.73. The molecule has 8 nitrogen and oxygen atoms in total. The van der Waals surface area contributed by atoms with Crippen LogP contribution in [0.5, 0.6) is 0 Å². The predicted octanol–water partition coefficient (Wildman–Crippen LogP) is 1.11. The number of piperidine rings is 1. The Morgan fingerprint density at radius 1 is 1.27 bits per heavy atom. The number of carbonyl (C=O) groups is 1. The molecule has 0 aromatic carbocycles. The highest BCUT2D eigenvalue weighted by Gasteiger charge is 2.31. The van der Waals surface area contributed by atoms with Gasteiger partial charge in [-0.25, -0.2) is 4.98 Å². The van der Waals surface area contributed by atoms with Gasteiger partial charge in [0.25, 0.3) is 0 Å². The Balaban J connectivity index is 1.39. The highest BCUT2D eigenvalue weighted by atomic mass is 16.2. The van der Waals surface area contributed by atoms with Crippen molar-refractivity contribution < 1.29 is 4.79 Å². The minimum absolute atomic E-state index is 0.0380. The van der Waals surface area contributed by atoms with Crippen LogP contribution in [0.4, 0.5) is 5.82 Å². The molecule has 1 N–H and O–H groups in total. The molecule has 138 valence electrons. The summed E-state index contributed by atoms with van der Waals surface area (Å²) in [7, 11) is 2.06. The van der Waals surface area contributed by atoms with Gasteiger partial charge in [0.05, 0.1) is 43.3 Å². The van der Waals surface area contributed by atoms with E-state index in [4.69, 9.17) is 0 Å². The fraction of sp³-hybridized carbons (Fsp3) is 0.556. The van der Waals surface area contributed by atoms with Crippen molar-refractivity contribution in [3.05, 3.63) is 36.0 Å². The molecule has 0 bridgehead atoms. The SMILES string of the molecule is CN1CCCC[C@H]1C(=O)N1CCn2nc(CNc3cnccn3)cc2C1. The molecule has 4 rings (SSSR count). The summed E-state index contributed by atoms with van der Waals surface area (Å²) >= 11 is 0. The first kappa shape index (κ1) is 17.0. The molecular formula is C18H25N7O. The smallest absolute Gasteiger partial charge is 0.240 e. The molecule has 0 aliphatic carbocycles. The van der Waals surface area contributed by atoms with E-state index in [2.05, 4.69) is 38.4 Å². The average Bonchev–Trinajstić information content (AvgIpc) is 3.09. The summed E-state index contributed by atoms with van der Waals surface area (Å²) in [5.74, 6) is 0.995.